The van der Waals surface area contributed by atoms with Gasteiger partial charge in [-0.25, -0.2) is 8.78 Å². The van der Waals surface area contributed by atoms with Gasteiger partial charge in [-0.1, -0.05) is 0 Å². The second kappa shape index (κ2) is 6.22. The number of nitrogens with one attached hydrogen (secondary N) is 2. The topological polar surface area (TPSA) is 44.0 Å². The van der Waals surface area contributed by atoms with Crippen LogP contribution < -0.4 is 5.32 Å². The van der Waals surface area contributed by atoms with E-state index in [9.17, 15) is 8.78 Å². The van der Waals surface area contributed by atoms with E-state index >= 15 is 0 Å². The Hall–Kier alpha value is -1.95. The number of H-pyrrole nitrogens is 1. The summed E-state index contributed by atoms with van der Waals surface area (Å²) in [5.41, 5.74) is 1.71. The molecule has 0 amide bonds. The van der Waals surface area contributed by atoms with Crippen LogP contribution in [-0.4, -0.2) is 34.2 Å². The van der Waals surface area contributed by atoms with Gasteiger partial charge in [0.05, 0.1) is 0 Å². The quantitative estimate of drug-likeness (QED) is 0.910. The number of benzene rings is 1. The standard InChI is InChI=1S/C15H18F2N4/c16-14-4-3-11(8-15(14)17)19-12-2-1-7-21(9-12)10-13-5-6-18-20-13/h3-6,8,12,19H,1-2,7,9-10H2,(H,18,20). The molecule has 3 rings (SSSR count). The normalized spacial score (nSPS) is 19.6. The number of aromatic amines is 1. The molecule has 0 spiro atoms. The highest BCUT2D eigenvalue weighted by atomic mass is 19.2. The first-order valence-electron chi connectivity index (χ1n) is 7.13. The molecule has 0 radical (unpaired) electrons. The Morgan fingerprint density at radius 2 is 2.19 bits per heavy atom. The molecule has 21 heavy (non-hydrogen) atoms. The number of hydrogen-bond acceptors (Lipinski definition) is 3. The summed E-state index contributed by atoms with van der Waals surface area (Å²) < 4.78 is 26.2. The Morgan fingerprint density at radius 3 is 2.95 bits per heavy atom. The van der Waals surface area contributed by atoms with Crippen LogP contribution in [-0.2, 0) is 6.54 Å². The molecule has 0 bridgehead atoms. The molecular weight excluding hydrogens is 274 g/mol. The lowest BCUT2D eigenvalue weighted by Gasteiger charge is -2.33. The molecule has 1 aliphatic heterocycles. The molecule has 6 heteroatoms. The Balaban J connectivity index is 1.59. The predicted octanol–water partition coefficient (Wildman–Crippen LogP) is 2.76. The van der Waals surface area contributed by atoms with Crippen LogP contribution in [0.3, 0.4) is 0 Å². The minimum atomic E-state index is -0.815. The van der Waals surface area contributed by atoms with Gasteiger partial charge in [-0.2, -0.15) is 5.10 Å². The first-order valence-corrected chi connectivity index (χ1v) is 7.13. The van der Waals surface area contributed by atoms with E-state index in [1.807, 2.05) is 6.07 Å². The fourth-order valence-electron chi connectivity index (χ4n) is 2.75. The van der Waals surface area contributed by atoms with E-state index in [0.29, 0.717) is 5.69 Å². The molecule has 1 aromatic heterocycles. The number of rotatable bonds is 4. The zero-order chi connectivity index (χ0) is 14.7. The Bertz CT molecular complexity index is 585. The fourth-order valence-corrected chi connectivity index (χ4v) is 2.75. The molecular formula is C15H18F2N4. The summed E-state index contributed by atoms with van der Waals surface area (Å²) in [5, 5.41) is 10.2. The zero-order valence-corrected chi connectivity index (χ0v) is 11.6. The number of nitrogens with zero attached hydrogens (tertiary/aromatic N) is 2. The number of anilines is 1. The van der Waals surface area contributed by atoms with Crippen LogP contribution >= 0.6 is 0 Å². The van der Waals surface area contributed by atoms with Crippen molar-refractivity contribution in [2.75, 3.05) is 18.4 Å². The van der Waals surface area contributed by atoms with E-state index in [1.165, 1.54) is 6.07 Å². The SMILES string of the molecule is Fc1ccc(NC2CCCN(Cc3ccn[nH]3)C2)cc1F. The molecule has 1 aliphatic rings. The van der Waals surface area contributed by atoms with Crippen LogP contribution in [0.1, 0.15) is 18.5 Å². The molecule has 1 fully saturated rings. The van der Waals surface area contributed by atoms with Gasteiger partial charge >= 0.3 is 0 Å². The molecule has 1 aromatic carbocycles. The summed E-state index contributed by atoms with van der Waals surface area (Å²) in [6, 6.07) is 6.15. The molecule has 0 saturated carbocycles. The van der Waals surface area contributed by atoms with Crippen LogP contribution in [0.15, 0.2) is 30.5 Å². The predicted molar refractivity (Wildman–Crippen MR) is 76.9 cm³/mol. The van der Waals surface area contributed by atoms with Crippen LogP contribution in [0.5, 0.6) is 0 Å². The van der Waals surface area contributed by atoms with Crippen molar-refractivity contribution < 1.29 is 8.78 Å². The summed E-state index contributed by atoms with van der Waals surface area (Å²) in [5.74, 6) is -1.63. The highest BCUT2D eigenvalue weighted by molar-refractivity contribution is 5.44. The average Bonchev–Trinajstić information content (AvgIpc) is 2.96. The lowest BCUT2D eigenvalue weighted by atomic mass is 10.0. The van der Waals surface area contributed by atoms with Gasteiger partial charge in [-0.05, 0) is 37.6 Å². The van der Waals surface area contributed by atoms with Gasteiger partial charge in [0.2, 0.25) is 0 Å². The van der Waals surface area contributed by atoms with Crippen molar-refractivity contribution in [1.29, 1.82) is 0 Å². The lowest BCUT2D eigenvalue weighted by Crippen LogP contribution is -2.41. The minimum absolute atomic E-state index is 0.242. The van der Waals surface area contributed by atoms with Crippen LogP contribution in [0, 0.1) is 11.6 Å². The van der Waals surface area contributed by atoms with Crippen molar-refractivity contribution in [3.05, 3.63) is 47.8 Å². The number of halogens is 2. The van der Waals surface area contributed by atoms with Crippen molar-refractivity contribution >= 4 is 5.69 Å². The second-order valence-electron chi connectivity index (χ2n) is 5.43. The summed E-state index contributed by atoms with van der Waals surface area (Å²) in [6.07, 6.45) is 3.85. The Kier molecular flexibility index (Phi) is 4.15. The molecule has 1 atom stereocenters. The van der Waals surface area contributed by atoms with Crippen molar-refractivity contribution in [2.45, 2.75) is 25.4 Å². The summed E-state index contributed by atoms with van der Waals surface area (Å²) in [6.45, 7) is 2.74. The minimum Gasteiger partial charge on any atom is -0.381 e. The Morgan fingerprint density at radius 1 is 1.29 bits per heavy atom. The maximum Gasteiger partial charge on any atom is 0.160 e. The maximum atomic E-state index is 13.2. The number of likely N-dealkylation sites (tertiary alicyclic amines) is 1. The molecule has 2 N–H and O–H groups in total. The van der Waals surface area contributed by atoms with Gasteiger partial charge in [-0.15, -0.1) is 0 Å². The van der Waals surface area contributed by atoms with Crippen LogP contribution in [0.2, 0.25) is 0 Å². The third-order valence-corrected chi connectivity index (χ3v) is 3.75. The fraction of sp³-hybridized carbons (Fsp3) is 0.400. The van der Waals surface area contributed by atoms with E-state index in [2.05, 4.69) is 20.4 Å². The van der Waals surface area contributed by atoms with E-state index in [-0.39, 0.29) is 6.04 Å². The number of piperidine rings is 1. The molecule has 2 aromatic rings. The monoisotopic (exact) mass is 292 g/mol. The van der Waals surface area contributed by atoms with E-state index in [1.54, 1.807) is 12.3 Å². The highest BCUT2D eigenvalue weighted by Gasteiger charge is 2.20. The molecule has 1 saturated heterocycles. The third kappa shape index (κ3) is 3.58. The molecule has 112 valence electrons. The van der Waals surface area contributed by atoms with Gasteiger partial charge in [0.15, 0.2) is 11.6 Å². The van der Waals surface area contributed by atoms with Gasteiger partial charge in [0.25, 0.3) is 0 Å². The van der Waals surface area contributed by atoms with Crippen molar-refractivity contribution in [3.8, 4) is 0 Å². The third-order valence-electron chi connectivity index (χ3n) is 3.75. The molecule has 0 aliphatic carbocycles. The van der Waals surface area contributed by atoms with E-state index < -0.39 is 11.6 Å². The van der Waals surface area contributed by atoms with E-state index in [4.69, 9.17) is 0 Å². The summed E-state index contributed by atoms with van der Waals surface area (Å²) >= 11 is 0. The zero-order valence-electron chi connectivity index (χ0n) is 11.6. The Labute approximate surface area is 122 Å². The van der Waals surface area contributed by atoms with Crippen molar-refractivity contribution in [2.24, 2.45) is 0 Å². The van der Waals surface area contributed by atoms with Gasteiger partial charge in [-0.3, -0.25) is 10.00 Å². The molecule has 1 unspecified atom stereocenters. The van der Waals surface area contributed by atoms with Crippen molar-refractivity contribution in [1.82, 2.24) is 15.1 Å². The highest BCUT2D eigenvalue weighted by Crippen LogP contribution is 2.19. The molecule has 2 heterocycles. The van der Waals surface area contributed by atoms with Gasteiger partial charge in [0, 0.05) is 42.8 Å². The van der Waals surface area contributed by atoms with E-state index in [0.717, 1.165) is 44.2 Å². The summed E-state index contributed by atoms with van der Waals surface area (Å²) in [4.78, 5) is 2.33. The van der Waals surface area contributed by atoms with Crippen molar-refractivity contribution in [3.63, 3.8) is 0 Å². The first-order chi connectivity index (χ1) is 10.2. The smallest absolute Gasteiger partial charge is 0.160 e. The number of hydrogen-bond donors (Lipinski definition) is 2. The first kappa shape index (κ1) is 14.0. The van der Waals surface area contributed by atoms with Gasteiger partial charge < -0.3 is 5.32 Å². The second-order valence-corrected chi connectivity index (χ2v) is 5.43. The summed E-state index contributed by atoms with van der Waals surface area (Å²) in [7, 11) is 0. The average molecular weight is 292 g/mol. The maximum absolute atomic E-state index is 13.2. The lowest BCUT2D eigenvalue weighted by molar-refractivity contribution is 0.206. The largest absolute Gasteiger partial charge is 0.381 e. The van der Waals surface area contributed by atoms with Gasteiger partial charge in [0.1, 0.15) is 0 Å². The molecule has 4 nitrogen and oxygen atoms in total. The van der Waals surface area contributed by atoms with Crippen LogP contribution in [0.25, 0.3) is 0 Å². The number of aromatic nitrogens is 2. The van der Waals surface area contributed by atoms with Crippen LogP contribution in [0.4, 0.5) is 14.5 Å².